The van der Waals surface area contributed by atoms with E-state index in [2.05, 4.69) is 48.5 Å². The van der Waals surface area contributed by atoms with E-state index in [1.807, 2.05) is 6.07 Å². The van der Waals surface area contributed by atoms with Gasteiger partial charge in [-0.25, -0.2) is 0 Å². The van der Waals surface area contributed by atoms with Gasteiger partial charge in [-0.1, -0.05) is 50.1 Å². The van der Waals surface area contributed by atoms with Crippen molar-refractivity contribution in [2.24, 2.45) is 0 Å². The predicted octanol–water partition coefficient (Wildman–Crippen LogP) is 2.75. The van der Waals surface area contributed by atoms with Crippen molar-refractivity contribution in [1.29, 1.82) is 0 Å². The number of rotatable bonds is 8. The third kappa shape index (κ3) is 4.06. The second-order valence-corrected chi connectivity index (χ2v) is 6.31. The van der Waals surface area contributed by atoms with Gasteiger partial charge in [0.15, 0.2) is 0 Å². The molecule has 0 aliphatic heterocycles. The summed E-state index contributed by atoms with van der Waals surface area (Å²) in [5.74, 6) is 0. The van der Waals surface area contributed by atoms with Crippen LogP contribution in [-0.2, 0) is 5.54 Å². The molecule has 1 fully saturated rings. The fourth-order valence-electron chi connectivity index (χ4n) is 3.55. The summed E-state index contributed by atoms with van der Waals surface area (Å²) < 4.78 is 0. The highest BCUT2D eigenvalue weighted by Crippen LogP contribution is 2.27. The van der Waals surface area contributed by atoms with Crippen molar-refractivity contribution in [3.8, 4) is 0 Å². The van der Waals surface area contributed by atoms with Gasteiger partial charge in [-0.15, -0.1) is 0 Å². The van der Waals surface area contributed by atoms with Crippen LogP contribution < -0.4 is 5.32 Å². The largest absolute Gasteiger partial charge is 0.394 e. The molecule has 1 aliphatic rings. The Kier molecular flexibility index (Phi) is 6.22. The lowest BCUT2D eigenvalue weighted by Gasteiger charge is -2.36. The Labute approximate surface area is 129 Å². The molecular formula is C18H30N2O. The van der Waals surface area contributed by atoms with Crippen LogP contribution in [0.3, 0.4) is 0 Å². The van der Waals surface area contributed by atoms with E-state index < -0.39 is 0 Å². The van der Waals surface area contributed by atoms with Gasteiger partial charge >= 0.3 is 0 Å². The zero-order valence-corrected chi connectivity index (χ0v) is 13.5. The Balaban J connectivity index is 2.05. The summed E-state index contributed by atoms with van der Waals surface area (Å²) in [6, 6.07) is 11.1. The molecule has 1 aromatic rings. The number of benzene rings is 1. The molecule has 3 nitrogen and oxygen atoms in total. The smallest absolute Gasteiger partial charge is 0.0681 e. The van der Waals surface area contributed by atoms with E-state index in [0.717, 1.165) is 25.6 Å². The second-order valence-electron chi connectivity index (χ2n) is 6.31. The van der Waals surface area contributed by atoms with Gasteiger partial charge in [-0.05, 0) is 38.4 Å². The van der Waals surface area contributed by atoms with Crippen molar-refractivity contribution in [3.05, 3.63) is 35.9 Å². The first-order valence-electron chi connectivity index (χ1n) is 8.33. The number of aliphatic hydroxyl groups excluding tert-OH is 1. The summed E-state index contributed by atoms with van der Waals surface area (Å²) in [7, 11) is 2.23. The topological polar surface area (TPSA) is 35.5 Å². The number of nitrogens with one attached hydrogen (secondary N) is 1. The lowest BCUT2D eigenvalue weighted by molar-refractivity contribution is 0.129. The SMILES string of the molecule is CCNC(CO)(CCN(C)C1CCCC1)c1ccccc1. The average molecular weight is 290 g/mol. The minimum absolute atomic E-state index is 0.142. The van der Waals surface area contributed by atoms with Crippen molar-refractivity contribution in [2.45, 2.75) is 50.6 Å². The third-order valence-electron chi connectivity index (χ3n) is 4.95. The van der Waals surface area contributed by atoms with Gasteiger partial charge in [0.2, 0.25) is 0 Å². The van der Waals surface area contributed by atoms with Crippen LogP contribution in [0.2, 0.25) is 0 Å². The van der Waals surface area contributed by atoms with Gasteiger partial charge in [0.25, 0.3) is 0 Å². The highest BCUT2D eigenvalue weighted by atomic mass is 16.3. The maximum atomic E-state index is 10.1. The van der Waals surface area contributed by atoms with E-state index >= 15 is 0 Å². The first kappa shape index (κ1) is 16.5. The molecular weight excluding hydrogens is 260 g/mol. The number of nitrogens with zero attached hydrogens (tertiary/aromatic N) is 1. The van der Waals surface area contributed by atoms with Crippen LogP contribution in [-0.4, -0.2) is 42.8 Å². The Morgan fingerprint density at radius 3 is 2.48 bits per heavy atom. The molecule has 1 atom stereocenters. The van der Waals surface area contributed by atoms with Crippen molar-refractivity contribution < 1.29 is 5.11 Å². The fraction of sp³-hybridized carbons (Fsp3) is 0.667. The molecule has 0 saturated heterocycles. The van der Waals surface area contributed by atoms with Crippen molar-refractivity contribution in [2.75, 3.05) is 26.7 Å². The van der Waals surface area contributed by atoms with Crippen molar-refractivity contribution in [1.82, 2.24) is 10.2 Å². The molecule has 3 heteroatoms. The zero-order valence-electron chi connectivity index (χ0n) is 13.5. The molecule has 1 saturated carbocycles. The van der Waals surface area contributed by atoms with Crippen LogP contribution in [0.25, 0.3) is 0 Å². The standard InChI is InChI=1S/C18H30N2O/c1-3-19-18(15-21,16-9-5-4-6-10-16)13-14-20(2)17-11-7-8-12-17/h4-6,9-10,17,19,21H,3,7-8,11-15H2,1-2H3. The van der Waals surface area contributed by atoms with Crippen LogP contribution in [0.5, 0.6) is 0 Å². The summed E-state index contributed by atoms with van der Waals surface area (Å²) in [5.41, 5.74) is 0.872. The van der Waals surface area contributed by atoms with Crippen LogP contribution in [0.1, 0.15) is 44.6 Å². The minimum Gasteiger partial charge on any atom is -0.394 e. The van der Waals surface area contributed by atoms with E-state index in [1.165, 1.54) is 31.2 Å². The molecule has 1 aliphatic carbocycles. The highest BCUT2D eigenvalue weighted by Gasteiger charge is 2.31. The van der Waals surface area contributed by atoms with Crippen LogP contribution in [0, 0.1) is 0 Å². The minimum atomic E-state index is -0.317. The van der Waals surface area contributed by atoms with E-state index in [9.17, 15) is 5.11 Å². The molecule has 2 rings (SSSR count). The first-order valence-corrected chi connectivity index (χ1v) is 8.33. The highest BCUT2D eigenvalue weighted by molar-refractivity contribution is 5.24. The zero-order chi connectivity index (χ0) is 15.1. The van der Waals surface area contributed by atoms with Crippen LogP contribution in [0.15, 0.2) is 30.3 Å². The fourth-order valence-corrected chi connectivity index (χ4v) is 3.55. The number of likely N-dealkylation sites (N-methyl/N-ethyl adjacent to an activating group) is 1. The van der Waals surface area contributed by atoms with Crippen LogP contribution in [0.4, 0.5) is 0 Å². The Morgan fingerprint density at radius 2 is 1.90 bits per heavy atom. The number of aliphatic hydroxyl groups is 1. The Hall–Kier alpha value is -0.900. The van der Waals surface area contributed by atoms with Gasteiger partial charge in [0, 0.05) is 12.6 Å². The second kappa shape index (κ2) is 7.92. The molecule has 0 spiro atoms. The lowest BCUT2D eigenvalue weighted by atomic mass is 9.86. The summed E-state index contributed by atoms with van der Waals surface area (Å²) in [5, 5.41) is 13.6. The average Bonchev–Trinajstić information content (AvgIpc) is 3.06. The molecule has 0 radical (unpaired) electrons. The normalized spacial score (nSPS) is 19.0. The first-order chi connectivity index (χ1) is 10.2. The van der Waals surface area contributed by atoms with E-state index in [0.29, 0.717) is 0 Å². The van der Waals surface area contributed by atoms with Gasteiger partial charge in [0.1, 0.15) is 0 Å². The lowest BCUT2D eigenvalue weighted by Crippen LogP contribution is -2.48. The van der Waals surface area contributed by atoms with E-state index in [-0.39, 0.29) is 12.1 Å². The third-order valence-corrected chi connectivity index (χ3v) is 4.95. The monoisotopic (exact) mass is 290 g/mol. The number of hydrogen-bond acceptors (Lipinski definition) is 3. The molecule has 118 valence electrons. The maximum Gasteiger partial charge on any atom is 0.0681 e. The van der Waals surface area contributed by atoms with Crippen LogP contribution >= 0.6 is 0 Å². The quantitative estimate of drug-likeness (QED) is 0.773. The van der Waals surface area contributed by atoms with E-state index in [1.54, 1.807) is 0 Å². The van der Waals surface area contributed by atoms with Gasteiger partial charge in [-0.2, -0.15) is 0 Å². The number of hydrogen-bond donors (Lipinski definition) is 2. The Bertz CT molecular complexity index is 403. The van der Waals surface area contributed by atoms with E-state index in [4.69, 9.17) is 0 Å². The summed E-state index contributed by atoms with van der Waals surface area (Å²) in [4.78, 5) is 2.48. The van der Waals surface area contributed by atoms with Crippen molar-refractivity contribution >= 4 is 0 Å². The summed E-state index contributed by atoms with van der Waals surface area (Å²) >= 11 is 0. The van der Waals surface area contributed by atoms with Gasteiger partial charge in [0.05, 0.1) is 12.1 Å². The molecule has 21 heavy (non-hydrogen) atoms. The molecule has 1 aromatic carbocycles. The molecule has 0 heterocycles. The van der Waals surface area contributed by atoms with Gasteiger partial charge in [-0.3, -0.25) is 0 Å². The molecule has 1 unspecified atom stereocenters. The molecule has 0 amide bonds. The molecule has 0 aromatic heterocycles. The Morgan fingerprint density at radius 1 is 1.24 bits per heavy atom. The van der Waals surface area contributed by atoms with Gasteiger partial charge < -0.3 is 15.3 Å². The summed E-state index contributed by atoms with van der Waals surface area (Å²) in [6.07, 6.45) is 6.33. The maximum absolute atomic E-state index is 10.1. The molecule has 2 N–H and O–H groups in total. The summed E-state index contributed by atoms with van der Waals surface area (Å²) in [6.45, 7) is 4.13. The van der Waals surface area contributed by atoms with Crippen molar-refractivity contribution in [3.63, 3.8) is 0 Å². The molecule has 0 bridgehead atoms. The predicted molar refractivity (Wildman–Crippen MR) is 88.4 cm³/mol.